The highest BCUT2D eigenvalue weighted by atomic mass is 32.1. The van der Waals surface area contributed by atoms with Crippen molar-refractivity contribution >= 4 is 113 Å². The standard InChI is InChI=1S/C42H21NO2S/c1-3-17-30-24(9-1)37-23(12-7-18-31(37)44-30)22-11-6-15-28-36(22)26-13-5-14-27-39-38-25-10-2-4-20-34(25)46-35(38)21-33-41(39)40-29(43(28)42(26)27)16-8-19-32(40)45-33/h1-21H. The van der Waals surface area contributed by atoms with Crippen molar-refractivity contribution in [2.75, 3.05) is 0 Å². The topological polar surface area (TPSA) is 30.7 Å². The molecule has 5 aromatic heterocycles. The summed E-state index contributed by atoms with van der Waals surface area (Å²) in [6.07, 6.45) is 0. The number of thiophene rings is 1. The van der Waals surface area contributed by atoms with Crippen LogP contribution in [0, 0.1) is 0 Å². The lowest BCUT2D eigenvalue weighted by molar-refractivity contribution is 0.669. The largest absolute Gasteiger partial charge is 0.456 e. The van der Waals surface area contributed by atoms with Gasteiger partial charge in [-0.25, -0.2) is 0 Å². The lowest BCUT2D eigenvalue weighted by Gasteiger charge is -2.07. The van der Waals surface area contributed by atoms with Crippen molar-refractivity contribution < 1.29 is 8.83 Å². The van der Waals surface area contributed by atoms with Crippen LogP contribution in [-0.2, 0) is 0 Å². The molecule has 0 N–H and O–H groups in total. The number of nitrogens with zero attached hydrogens (tertiary/aromatic N) is 1. The summed E-state index contributed by atoms with van der Waals surface area (Å²) >= 11 is 1.85. The van der Waals surface area contributed by atoms with Gasteiger partial charge < -0.3 is 13.2 Å². The zero-order chi connectivity index (χ0) is 29.7. The van der Waals surface area contributed by atoms with E-state index in [1.54, 1.807) is 0 Å². The van der Waals surface area contributed by atoms with Gasteiger partial charge in [0.25, 0.3) is 0 Å². The maximum Gasteiger partial charge on any atom is 0.137 e. The van der Waals surface area contributed by atoms with Crippen LogP contribution in [0.25, 0.3) is 113 Å². The molecule has 3 nitrogen and oxygen atoms in total. The predicted molar refractivity (Wildman–Crippen MR) is 194 cm³/mol. The van der Waals surface area contributed by atoms with Gasteiger partial charge >= 0.3 is 0 Å². The molecule has 7 aromatic carbocycles. The van der Waals surface area contributed by atoms with Gasteiger partial charge in [0, 0.05) is 57.9 Å². The fourth-order valence-corrected chi connectivity index (χ4v) is 9.56. The van der Waals surface area contributed by atoms with E-state index in [-0.39, 0.29) is 0 Å². The molecule has 212 valence electrons. The molecule has 0 saturated carbocycles. The zero-order valence-corrected chi connectivity index (χ0v) is 25.1. The van der Waals surface area contributed by atoms with Crippen LogP contribution in [-0.4, -0.2) is 4.40 Å². The van der Waals surface area contributed by atoms with E-state index < -0.39 is 0 Å². The maximum absolute atomic E-state index is 6.67. The van der Waals surface area contributed by atoms with Gasteiger partial charge in [-0.2, -0.15) is 0 Å². The number of benzene rings is 7. The Morgan fingerprint density at radius 2 is 1.00 bits per heavy atom. The van der Waals surface area contributed by atoms with Crippen LogP contribution in [0.1, 0.15) is 0 Å². The monoisotopic (exact) mass is 603 g/mol. The van der Waals surface area contributed by atoms with E-state index in [0.717, 1.165) is 38.6 Å². The van der Waals surface area contributed by atoms with Crippen molar-refractivity contribution in [2.24, 2.45) is 0 Å². The molecular formula is C42H21NO2S. The van der Waals surface area contributed by atoms with Crippen molar-refractivity contribution in [2.45, 2.75) is 0 Å². The van der Waals surface area contributed by atoms with Crippen LogP contribution in [0.5, 0.6) is 0 Å². The molecule has 4 heteroatoms. The minimum absolute atomic E-state index is 0.910. The molecule has 0 atom stereocenters. The molecule has 0 unspecified atom stereocenters. The van der Waals surface area contributed by atoms with Crippen LogP contribution in [0.4, 0.5) is 0 Å². The molecule has 0 amide bonds. The number of rotatable bonds is 1. The van der Waals surface area contributed by atoms with Crippen molar-refractivity contribution in [1.29, 1.82) is 0 Å². The number of fused-ring (bicyclic) bond motifs is 12. The SMILES string of the molecule is c1ccc2c(c1)oc1cccc(-c3cccc4c3c3cccc5c6c7c(cc8oc9cccc(c9c86)n4c35)sc3ccccc37)c12. The minimum atomic E-state index is 0.910. The van der Waals surface area contributed by atoms with Gasteiger partial charge in [0.1, 0.15) is 22.3 Å². The predicted octanol–water partition coefficient (Wildman–Crippen LogP) is 12.7. The van der Waals surface area contributed by atoms with Crippen molar-refractivity contribution in [3.8, 4) is 11.1 Å². The molecule has 0 fully saturated rings. The second-order valence-electron chi connectivity index (χ2n) is 12.4. The van der Waals surface area contributed by atoms with Gasteiger partial charge in [0.2, 0.25) is 0 Å². The van der Waals surface area contributed by atoms with Crippen LogP contribution in [0.15, 0.2) is 136 Å². The fraction of sp³-hybridized carbons (Fsp3) is 0. The molecule has 46 heavy (non-hydrogen) atoms. The second-order valence-corrected chi connectivity index (χ2v) is 13.4. The normalized spacial score (nSPS) is 12.8. The Hall–Kier alpha value is -5.84. The lowest BCUT2D eigenvalue weighted by Crippen LogP contribution is -1.85. The zero-order valence-electron chi connectivity index (χ0n) is 24.3. The summed E-state index contributed by atoms with van der Waals surface area (Å²) in [6, 6.07) is 46.0. The quantitative estimate of drug-likeness (QED) is 0.187. The number of furan rings is 2. The van der Waals surface area contributed by atoms with Gasteiger partial charge in [-0.1, -0.05) is 84.9 Å². The molecule has 0 saturated heterocycles. The Bertz CT molecular complexity index is 3260. The molecule has 0 aliphatic carbocycles. The molecule has 0 aliphatic heterocycles. The third kappa shape index (κ3) is 2.68. The Labute approximate surface area is 264 Å². The molecule has 0 spiro atoms. The lowest BCUT2D eigenvalue weighted by atomic mass is 9.94. The first kappa shape index (κ1) is 23.5. The first-order valence-electron chi connectivity index (χ1n) is 15.6. The molecule has 0 radical (unpaired) electrons. The van der Waals surface area contributed by atoms with Crippen molar-refractivity contribution in [1.82, 2.24) is 4.40 Å². The third-order valence-corrected chi connectivity index (χ3v) is 11.2. The van der Waals surface area contributed by atoms with Gasteiger partial charge in [-0.3, -0.25) is 0 Å². The van der Waals surface area contributed by atoms with Gasteiger partial charge in [-0.15, -0.1) is 11.3 Å². The third-order valence-electron chi connectivity index (χ3n) is 10.1. The van der Waals surface area contributed by atoms with Gasteiger partial charge in [-0.05, 0) is 53.6 Å². The Morgan fingerprint density at radius 3 is 1.89 bits per heavy atom. The van der Waals surface area contributed by atoms with Crippen molar-refractivity contribution in [3.63, 3.8) is 0 Å². The maximum atomic E-state index is 6.67. The molecule has 0 aliphatic rings. The van der Waals surface area contributed by atoms with E-state index in [1.807, 2.05) is 17.4 Å². The Morgan fingerprint density at radius 1 is 0.391 bits per heavy atom. The highest BCUT2D eigenvalue weighted by Crippen LogP contribution is 2.50. The summed E-state index contributed by atoms with van der Waals surface area (Å²) < 4.78 is 18.1. The number of hydrogen-bond acceptors (Lipinski definition) is 3. The van der Waals surface area contributed by atoms with E-state index in [9.17, 15) is 0 Å². The van der Waals surface area contributed by atoms with Crippen LogP contribution in [0.2, 0.25) is 0 Å². The van der Waals surface area contributed by atoms with E-state index in [4.69, 9.17) is 8.83 Å². The van der Waals surface area contributed by atoms with Crippen LogP contribution < -0.4 is 0 Å². The van der Waals surface area contributed by atoms with Crippen molar-refractivity contribution in [3.05, 3.63) is 127 Å². The molecular weight excluding hydrogens is 583 g/mol. The Balaban J connectivity index is 1.38. The van der Waals surface area contributed by atoms with E-state index >= 15 is 0 Å². The molecule has 12 rings (SSSR count). The first-order valence-corrected chi connectivity index (χ1v) is 16.4. The Kier molecular flexibility index (Phi) is 4.12. The summed E-state index contributed by atoms with van der Waals surface area (Å²) in [5, 5.41) is 12.3. The summed E-state index contributed by atoms with van der Waals surface area (Å²) in [4.78, 5) is 0. The van der Waals surface area contributed by atoms with Gasteiger partial charge in [0.05, 0.1) is 21.9 Å². The summed E-state index contributed by atoms with van der Waals surface area (Å²) in [5.74, 6) is 0. The second kappa shape index (κ2) is 8.05. The molecule has 5 heterocycles. The number of para-hydroxylation sites is 2. The van der Waals surface area contributed by atoms with Crippen LogP contribution in [0.3, 0.4) is 0 Å². The summed E-state index contributed by atoms with van der Waals surface area (Å²) in [7, 11) is 0. The number of hydrogen-bond donors (Lipinski definition) is 0. The highest BCUT2D eigenvalue weighted by molar-refractivity contribution is 7.26. The number of aromatic nitrogens is 1. The summed E-state index contributed by atoms with van der Waals surface area (Å²) in [5.41, 5.74) is 9.67. The summed E-state index contributed by atoms with van der Waals surface area (Å²) in [6.45, 7) is 0. The van der Waals surface area contributed by atoms with Gasteiger partial charge in [0.15, 0.2) is 0 Å². The average Bonchev–Trinajstić information content (AvgIpc) is 3.83. The van der Waals surface area contributed by atoms with E-state index in [2.05, 4.69) is 126 Å². The van der Waals surface area contributed by atoms with E-state index in [1.165, 1.54) is 74.6 Å². The van der Waals surface area contributed by atoms with E-state index in [0.29, 0.717) is 0 Å². The van der Waals surface area contributed by atoms with Crippen LogP contribution >= 0.6 is 11.3 Å². The highest BCUT2D eigenvalue weighted by Gasteiger charge is 2.25. The molecule has 0 bridgehead atoms. The molecule has 12 aromatic rings. The minimum Gasteiger partial charge on any atom is -0.456 e. The fourth-order valence-electron chi connectivity index (χ4n) is 8.41. The smallest absolute Gasteiger partial charge is 0.137 e. The average molecular weight is 604 g/mol. The first-order chi connectivity index (χ1) is 22.8.